The molecule has 1 aliphatic heterocycles. The first-order valence-corrected chi connectivity index (χ1v) is 13.2. The molecule has 3 heterocycles. The van der Waals surface area contributed by atoms with E-state index in [9.17, 15) is 4.79 Å². The fourth-order valence-corrected chi connectivity index (χ4v) is 5.89. The van der Waals surface area contributed by atoms with Crippen LogP contribution in [0.5, 0.6) is 0 Å². The maximum absolute atomic E-state index is 13.6. The first kappa shape index (κ1) is 24.3. The third-order valence-corrected chi connectivity index (χ3v) is 7.77. The summed E-state index contributed by atoms with van der Waals surface area (Å²) in [4.78, 5) is 22.5. The molecule has 1 saturated heterocycles. The lowest BCUT2D eigenvalue weighted by atomic mass is 9.96. The molecule has 7 heteroatoms. The number of carbonyl (C=O) groups excluding carboxylic acids is 1. The number of amides is 1. The summed E-state index contributed by atoms with van der Waals surface area (Å²) in [6.07, 6.45) is 1.74. The number of aromatic nitrogens is 2. The lowest BCUT2D eigenvalue weighted by Crippen LogP contribution is -2.50. The Labute approximate surface area is 216 Å². The number of pyridine rings is 1. The minimum Gasteiger partial charge on any atom is -0.361 e. The van der Waals surface area contributed by atoms with E-state index in [2.05, 4.69) is 75.7 Å². The summed E-state index contributed by atoms with van der Waals surface area (Å²) in [6.45, 7) is 6.83. The molecule has 36 heavy (non-hydrogen) atoms. The van der Waals surface area contributed by atoms with Gasteiger partial charge in [0.25, 0.3) is 5.91 Å². The van der Waals surface area contributed by atoms with E-state index in [1.165, 1.54) is 11.1 Å². The number of rotatable bonds is 7. The Hall–Kier alpha value is -3.42. The fraction of sp³-hybridized carbons (Fsp3) is 0.276. The van der Waals surface area contributed by atoms with Crippen molar-refractivity contribution in [3.8, 4) is 0 Å². The summed E-state index contributed by atoms with van der Waals surface area (Å²) in [5.74, 6) is 1.52. The van der Waals surface area contributed by atoms with E-state index < -0.39 is 0 Å². The van der Waals surface area contributed by atoms with Crippen molar-refractivity contribution in [3.63, 3.8) is 0 Å². The molecule has 1 fully saturated rings. The maximum Gasteiger partial charge on any atom is 0.256 e. The van der Waals surface area contributed by atoms with Crippen LogP contribution in [0.15, 0.2) is 88.5 Å². The molecule has 2 aromatic heterocycles. The topological polar surface area (TPSA) is 62.5 Å². The lowest BCUT2D eigenvalue weighted by molar-refractivity contribution is 0.0593. The zero-order valence-electron chi connectivity index (χ0n) is 20.6. The largest absolute Gasteiger partial charge is 0.361 e. The van der Waals surface area contributed by atoms with Gasteiger partial charge in [-0.1, -0.05) is 65.8 Å². The lowest BCUT2D eigenvalue weighted by Gasteiger charge is -2.40. The second-order valence-electron chi connectivity index (χ2n) is 9.00. The van der Waals surface area contributed by atoms with Gasteiger partial charge in [-0.15, -0.1) is 11.8 Å². The second-order valence-corrected chi connectivity index (χ2v) is 9.96. The van der Waals surface area contributed by atoms with E-state index in [-0.39, 0.29) is 11.9 Å². The molecule has 2 aromatic carbocycles. The predicted octanol–water partition coefficient (Wildman–Crippen LogP) is 5.53. The molecular weight excluding hydrogens is 468 g/mol. The fourth-order valence-electron chi connectivity index (χ4n) is 4.76. The number of nitrogens with zero attached hydrogens (tertiary/aromatic N) is 4. The molecule has 0 saturated carbocycles. The van der Waals surface area contributed by atoms with Crippen LogP contribution < -0.4 is 0 Å². The van der Waals surface area contributed by atoms with Gasteiger partial charge in [-0.3, -0.25) is 9.69 Å². The minimum atomic E-state index is 0.0417. The maximum atomic E-state index is 13.6. The van der Waals surface area contributed by atoms with E-state index in [0.717, 1.165) is 35.1 Å². The van der Waals surface area contributed by atoms with Crippen molar-refractivity contribution in [3.05, 3.63) is 113 Å². The number of hydrogen-bond donors (Lipinski definition) is 0. The normalized spacial score (nSPS) is 14.4. The van der Waals surface area contributed by atoms with Crippen LogP contribution in [0.3, 0.4) is 0 Å². The third-order valence-electron chi connectivity index (χ3n) is 6.73. The van der Waals surface area contributed by atoms with Gasteiger partial charge in [0, 0.05) is 43.7 Å². The highest BCUT2D eigenvalue weighted by Crippen LogP contribution is 2.31. The summed E-state index contributed by atoms with van der Waals surface area (Å²) < 4.78 is 5.29. The van der Waals surface area contributed by atoms with Crippen molar-refractivity contribution in [2.24, 2.45) is 0 Å². The Morgan fingerprint density at radius 3 is 2.14 bits per heavy atom. The summed E-state index contributed by atoms with van der Waals surface area (Å²) in [5, 5.41) is 4.78. The molecule has 6 nitrogen and oxygen atoms in total. The molecule has 4 aromatic rings. The predicted molar refractivity (Wildman–Crippen MR) is 142 cm³/mol. The van der Waals surface area contributed by atoms with E-state index in [1.807, 2.05) is 30.9 Å². The van der Waals surface area contributed by atoms with Crippen LogP contribution in [0, 0.1) is 13.8 Å². The Kier molecular flexibility index (Phi) is 7.49. The molecule has 0 bridgehead atoms. The van der Waals surface area contributed by atoms with Gasteiger partial charge in [0.15, 0.2) is 0 Å². The smallest absolute Gasteiger partial charge is 0.256 e. The molecule has 0 N–H and O–H groups in total. The van der Waals surface area contributed by atoms with E-state index >= 15 is 0 Å². The molecule has 0 unspecified atom stereocenters. The van der Waals surface area contributed by atoms with Crippen molar-refractivity contribution >= 4 is 17.7 Å². The molecule has 5 rings (SSSR count). The van der Waals surface area contributed by atoms with Gasteiger partial charge in [-0.25, -0.2) is 4.98 Å². The molecule has 184 valence electrons. The monoisotopic (exact) mass is 498 g/mol. The Morgan fingerprint density at radius 2 is 1.56 bits per heavy atom. The van der Waals surface area contributed by atoms with Crippen molar-refractivity contribution in [1.82, 2.24) is 19.9 Å². The average Bonchev–Trinajstić information content (AvgIpc) is 3.25. The number of piperazine rings is 1. The van der Waals surface area contributed by atoms with Gasteiger partial charge in [-0.2, -0.15) is 0 Å². The van der Waals surface area contributed by atoms with Crippen LogP contribution in [-0.2, 0) is 5.75 Å². The molecule has 1 amide bonds. The summed E-state index contributed by atoms with van der Waals surface area (Å²) in [5.41, 5.74) is 5.14. The molecule has 0 aliphatic carbocycles. The van der Waals surface area contributed by atoms with Crippen molar-refractivity contribution in [2.75, 3.05) is 26.2 Å². The summed E-state index contributed by atoms with van der Waals surface area (Å²) in [7, 11) is 0. The van der Waals surface area contributed by atoms with Crippen LogP contribution >= 0.6 is 11.8 Å². The highest BCUT2D eigenvalue weighted by atomic mass is 32.2. The van der Waals surface area contributed by atoms with E-state index in [0.29, 0.717) is 24.4 Å². The number of carbonyl (C=O) groups is 1. The Balaban J connectivity index is 1.29. The molecule has 0 atom stereocenters. The van der Waals surface area contributed by atoms with E-state index in [4.69, 9.17) is 4.52 Å². The SMILES string of the molecule is Cc1noc(C)c1CSc1ncccc1C(=O)N1CCN(C(c2ccccc2)c2ccccc2)CC1. The summed E-state index contributed by atoms with van der Waals surface area (Å²) in [6, 6.07) is 25.1. The quantitative estimate of drug-likeness (QED) is 0.313. The first-order chi connectivity index (χ1) is 17.6. The van der Waals surface area contributed by atoms with Crippen molar-refractivity contribution < 1.29 is 9.32 Å². The number of hydrogen-bond acceptors (Lipinski definition) is 6. The molecular formula is C29H30N4O2S. The second kappa shape index (κ2) is 11.1. The van der Waals surface area contributed by atoms with Gasteiger partial charge in [0.2, 0.25) is 0 Å². The van der Waals surface area contributed by atoms with Gasteiger partial charge in [0.1, 0.15) is 10.8 Å². The van der Waals surface area contributed by atoms with Gasteiger partial charge >= 0.3 is 0 Å². The first-order valence-electron chi connectivity index (χ1n) is 12.2. The highest BCUT2D eigenvalue weighted by molar-refractivity contribution is 7.98. The van der Waals surface area contributed by atoms with Crippen LogP contribution in [0.4, 0.5) is 0 Å². The zero-order valence-corrected chi connectivity index (χ0v) is 21.4. The zero-order chi connectivity index (χ0) is 24.9. The van der Waals surface area contributed by atoms with Crippen molar-refractivity contribution in [1.29, 1.82) is 0 Å². The number of aryl methyl sites for hydroxylation is 2. The number of thioether (sulfide) groups is 1. The summed E-state index contributed by atoms with van der Waals surface area (Å²) >= 11 is 1.56. The van der Waals surface area contributed by atoms with Gasteiger partial charge in [0.05, 0.1) is 17.3 Å². The molecule has 1 aliphatic rings. The Bertz CT molecular complexity index is 1240. The van der Waals surface area contributed by atoms with E-state index in [1.54, 1.807) is 18.0 Å². The third kappa shape index (κ3) is 5.22. The van der Waals surface area contributed by atoms with Crippen LogP contribution in [0.1, 0.15) is 44.5 Å². The minimum absolute atomic E-state index is 0.0417. The molecule has 0 radical (unpaired) electrons. The number of benzene rings is 2. The van der Waals surface area contributed by atoms with Gasteiger partial charge in [-0.05, 0) is 37.1 Å². The van der Waals surface area contributed by atoms with Crippen LogP contribution in [0.25, 0.3) is 0 Å². The van der Waals surface area contributed by atoms with Crippen LogP contribution in [0.2, 0.25) is 0 Å². The highest BCUT2D eigenvalue weighted by Gasteiger charge is 2.29. The Morgan fingerprint density at radius 1 is 0.917 bits per heavy atom. The standard InChI is InChI=1S/C29H30N4O2S/c1-21-26(22(2)35-31-21)20-36-28-25(14-9-15-30-28)29(34)33-18-16-32(17-19-33)27(23-10-5-3-6-11-23)24-12-7-4-8-13-24/h3-15,27H,16-20H2,1-2H3. The van der Waals surface area contributed by atoms with Crippen LogP contribution in [-0.4, -0.2) is 52.0 Å². The van der Waals surface area contributed by atoms with Crippen molar-refractivity contribution in [2.45, 2.75) is 30.7 Å². The molecule has 0 spiro atoms. The van der Waals surface area contributed by atoms with Gasteiger partial charge < -0.3 is 9.42 Å². The average molecular weight is 499 g/mol.